The van der Waals surface area contributed by atoms with Crippen LogP contribution < -0.4 is 5.73 Å². The van der Waals surface area contributed by atoms with E-state index in [1.165, 1.54) is 30.0 Å². The van der Waals surface area contributed by atoms with Crippen molar-refractivity contribution in [2.45, 2.75) is 0 Å². The summed E-state index contributed by atoms with van der Waals surface area (Å²) in [6.45, 7) is 0. The third kappa shape index (κ3) is 2.00. The van der Waals surface area contributed by atoms with Gasteiger partial charge in [-0.1, -0.05) is 0 Å². The number of fused-ring (bicyclic) bond motifs is 1. The molecule has 0 amide bonds. The Morgan fingerprint density at radius 2 is 2.19 bits per heavy atom. The van der Waals surface area contributed by atoms with Gasteiger partial charge in [0.25, 0.3) is 5.78 Å². The van der Waals surface area contributed by atoms with Crippen LogP contribution in [0.5, 0.6) is 0 Å². The van der Waals surface area contributed by atoms with Crippen molar-refractivity contribution in [1.82, 2.24) is 19.6 Å². The van der Waals surface area contributed by atoms with Crippen LogP contribution in [0.15, 0.2) is 29.0 Å². The van der Waals surface area contributed by atoms with E-state index < -0.39 is 11.8 Å². The lowest BCUT2D eigenvalue weighted by Crippen LogP contribution is -2.15. The molecule has 0 spiro atoms. The van der Waals surface area contributed by atoms with Gasteiger partial charge in [-0.3, -0.25) is 9.20 Å². The third-order valence-corrected chi connectivity index (χ3v) is 2.80. The minimum Gasteiger partial charge on any atom is -0.464 e. The zero-order chi connectivity index (χ0) is 15.0. The maximum Gasteiger partial charge on any atom is 0.357 e. The Morgan fingerprint density at radius 3 is 2.86 bits per heavy atom. The number of carbonyl (C=O) groups excluding carboxylic acids is 2. The van der Waals surface area contributed by atoms with Crippen molar-refractivity contribution in [3.63, 3.8) is 0 Å². The molecule has 106 valence electrons. The van der Waals surface area contributed by atoms with E-state index in [9.17, 15) is 9.59 Å². The molecule has 0 aliphatic heterocycles. The van der Waals surface area contributed by atoms with Crippen molar-refractivity contribution < 1.29 is 18.7 Å². The van der Waals surface area contributed by atoms with Gasteiger partial charge in [-0.25, -0.2) is 9.78 Å². The molecular weight excluding hydrogens is 278 g/mol. The molecular formula is C12H9N5O4. The average molecular weight is 287 g/mol. The van der Waals surface area contributed by atoms with E-state index in [-0.39, 0.29) is 28.7 Å². The minimum absolute atomic E-state index is 0.0178. The SMILES string of the molecule is COC(=O)c1nc2nnc(N)n2cc1C(=O)c1ccco1. The highest BCUT2D eigenvalue weighted by Crippen LogP contribution is 2.16. The number of carbonyl (C=O) groups is 2. The lowest BCUT2D eigenvalue weighted by molar-refractivity contribution is 0.0590. The third-order valence-electron chi connectivity index (χ3n) is 2.80. The predicted octanol–water partition coefficient (Wildman–Crippen LogP) is 0.317. The lowest BCUT2D eigenvalue weighted by atomic mass is 10.1. The molecule has 0 aromatic carbocycles. The number of nitrogens with zero attached hydrogens (tertiary/aromatic N) is 4. The molecule has 0 saturated heterocycles. The van der Waals surface area contributed by atoms with E-state index in [2.05, 4.69) is 19.9 Å². The first-order valence-electron chi connectivity index (χ1n) is 5.79. The van der Waals surface area contributed by atoms with E-state index >= 15 is 0 Å². The van der Waals surface area contributed by atoms with Crippen LogP contribution in [-0.2, 0) is 4.74 Å². The van der Waals surface area contributed by atoms with Crippen LogP contribution in [0.2, 0.25) is 0 Å². The quantitative estimate of drug-likeness (QED) is 0.539. The molecule has 3 aromatic rings. The summed E-state index contributed by atoms with van der Waals surface area (Å²) < 4.78 is 11.0. The van der Waals surface area contributed by atoms with Crippen LogP contribution in [0, 0.1) is 0 Å². The van der Waals surface area contributed by atoms with E-state index in [1.54, 1.807) is 6.07 Å². The number of hydrogen-bond donors (Lipinski definition) is 1. The van der Waals surface area contributed by atoms with Gasteiger partial charge in [-0.2, -0.15) is 0 Å². The maximum atomic E-state index is 12.4. The normalized spacial score (nSPS) is 10.7. The van der Waals surface area contributed by atoms with Crippen LogP contribution in [0.4, 0.5) is 5.95 Å². The van der Waals surface area contributed by atoms with Gasteiger partial charge < -0.3 is 14.9 Å². The van der Waals surface area contributed by atoms with E-state index in [0.29, 0.717) is 0 Å². The van der Waals surface area contributed by atoms with E-state index in [4.69, 9.17) is 10.2 Å². The monoisotopic (exact) mass is 287 g/mol. The van der Waals surface area contributed by atoms with E-state index in [1.807, 2.05) is 0 Å². The number of methoxy groups -OCH3 is 1. The van der Waals surface area contributed by atoms with Crippen LogP contribution in [0.1, 0.15) is 26.6 Å². The molecule has 0 aliphatic carbocycles. The molecule has 3 rings (SSSR count). The van der Waals surface area contributed by atoms with Gasteiger partial charge in [0.2, 0.25) is 11.7 Å². The number of ketones is 1. The van der Waals surface area contributed by atoms with Crippen LogP contribution in [0.25, 0.3) is 5.78 Å². The lowest BCUT2D eigenvalue weighted by Gasteiger charge is -2.06. The van der Waals surface area contributed by atoms with Gasteiger partial charge in [0.1, 0.15) is 0 Å². The molecule has 9 nitrogen and oxygen atoms in total. The summed E-state index contributed by atoms with van der Waals surface area (Å²) in [5.41, 5.74) is 5.42. The van der Waals surface area contributed by atoms with Crippen LogP contribution in [-0.4, -0.2) is 38.4 Å². The number of hydrogen-bond acceptors (Lipinski definition) is 8. The fourth-order valence-corrected chi connectivity index (χ4v) is 1.80. The highest BCUT2D eigenvalue weighted by atomic mass is 16.5. The average Bonchev–Trinajstić information content (AvgIpc) is 3.15. The van der Waals surface area contributed by atoms with Gasteiger partial charge in [-0.15, -0.1) is 10.2 Å². The topological polar surface area (TPSA) is 126 Å². The second kappa shape index (κ2) is 4.71. The van der Waals surface area contributed by atoms with Crippen molar-refractivity contribution in [3.8, 4) is 0 Å². The number of aromatic nitrogens is 4. The number of esters is 1. The Balaban J connectivity index is 2.25. The van der Waals surface area contributed by atoms with Gasteiger partial charge >= 0.3 is 5.97 Å². The van der Waals surface area contributed by atoms with Crippen molar-refractivity contribution in [2.75, 3.05) is 12.8 Å². The van der Waals surface area contributed by atoms with E-state index in [0.717, 1.165) is 0 Å². The Labute approximate surface area is 117 Å². The Morgan fingerprint density at radius 1 is 1.38 bits per heavy atom. The second-order valence-corrected chi connectivity index (χ2v) is 4.03. The molecule has 0 atom stereocenters. The minimum atomic E-state index is -0.769. The fourth-order valence-electron chi connectivity index (χ4n) is 1.80. The molecule has 2 N–H and O–H groups in total. The molecule has 0 unspecified atom stereocenters. The molecule has 0 fully saturated rings. The van der Waals surface area contributed by atoms with Crippen molar-refractivity contribution in [1.29, 1.82) is 0 Å². The van der Waals surface area contributed by atoms with Crippen LogP contribution >= 0.6 is 0 Å². The zero-order valence-electron chi connectivity index (χ0n) is 10.8. The molecule has 0 aliphatic rings. The first-order valence-corrected chi connectivity index (χ1v) is 5.79. The number of nitrogen functional groups attached to an aromatic ring is 1. The van der Waals surface area contributed by atoms with Gasteiger partial charge in [0.05, 0.1) is 18.9 Å². The standard InChI is InChI=1S/C12H9N5O4/c1-20-10(19)8-6(9(18)7-3-2-4-21-7)5-17-11(13)15-16-12(17)14-8/h2-5H,1H3,(H2,13,15). The summed E-state index contributed by atoms with van der Waals surface area (Å²) in [4.78, 5) is 28.2. The number of rotatable bonds is 3. The largest absolute Gasteiger partial charge is 0.464 e. The zero-order valence-corrected chi connectivity index (χ0v) is 10.8. The summed E-state index contributed by atoms with van der Waals surface area (Å²) in [5, 5.41) is 7.32. The number of anilines is 1. The summed E-state index contributed by atoms with van der Waals surface area (Å²) >= 11 is 0. The Hall–Kier alpha value is -3.23. The second-order valence-electron chi connectivity index (χ2n) is 4.03. The highest BCUT2D eigenvalue weighted by molar-refractivity contribution is 6.12. The smallest absolute Gasteiger partial charge is 0.357 e. The predicted molar refractivity (Wildman–Crippen MR) is 68.7 cm³/mol. The molecule has 3 aromatic heterocycles. The molecule has 0 bridgehead atoms. The molecule has 3 heterocycles. The molecule has 21 heavy (non-hydrogen) atoms. The fraction of sp³-hybridized carbons (Fsp3) is 0.0833. The number of furan rings is 1. The van der Waals surface area contributed by atoms with Gasteiger partial charge in [0, 0.05) is 6.20 Å². The summed E-state index contributed by atoms with van der Waals surface area (Å²) in [6.07, 6.45) is 2.68. The molecule has 9 heteroatoms. The van der Waals surface area contributed by atoms with Crippen molar-refractivity contribution >= 4 is 23.5 Å². The van der Waals surface area contributed by atoms with Gasteiger partial charge in [0.15, 0.2) is 11.5 Å². The summed E-state index contributed by atoms with van der Waals surface area (Å²) in [7, 11) is 1.19. The van der Waals surface area contributed by atoms with Gasteiger partial charge in [-0.05, 0) is 12.1 Å². The van der Waals surface area contributed by atoms with Crippen molar-refractivity contribution in [3.05, 3.63) is 41.6 Å². The number of nitrogens with two attached hydrogens (primary N) is 1. The first kappa shape index (κ1) is 12.8. The van der Waals surface area contributed by atoms with Crippen LogP contribution in [0.3, 0.4) is 0 Å². The van der Waals surface area contributed by atoms with Crippen molar-refractivity contribution in [2.24, 2.45) is 0 Å². The molecule has 0 saturated carbocycles. The molecule has 0 radical (unpaired) electrons. The summed E-state index contributed by atoms with van der Waals surface area (Å²) in [6, 6.07) is 3.03. The Bertz CT molecular complexity index is 837. The first-order chi connectivity index (χ1) is 10.1. The summed E-state index contributed by atoms with van der Waals surface area (Å²) in [5.74, 6) is -1.10. The number of ether oxygens (including phenoxy) is 1. The maximum absolute atomic E-state index is 12.4. The highest BCUT2D eigenvalue weighted by Gasteiger charge is 2.24. The Kier molecular flexibility index (Phi) is 2.87.